The molecule has 5 heteroatoms. The number of benzene rings is 1. The maximum Gasteiger partial charge on any atom is 0.271 e. The largest absolute Gasteiger partial charge is 0.464 e. The number of hydrogen-bond donors (Lipinski definition) is 2. The fraction of sp³-hybridized carbons (Fsp3) is 0.214. The fourth-order valence-electron chi connectivity index (χ4n) is 2.33. The van der Waals surface area contributed by atoms with E-state index in [4.69, 9.17) is 4.42 Å². The molecular weight excluding hydrogens is 242 g/mol. The van der Waals surface area contributed by atoms with Crippen LogP contribution in [0, 0.1) is 0 Å². The van der Waals surface area contributed by atoms with E-state index in [9.17, 15) is 4.79 Å². The number of nitrogens with one attached hydrogen (secondary N) is 2. The molecule has 2 aromatic heterocycles. The summed E-state index contributed by atoms with van der Waals surface area (Å²) in [7, 11) is 3.54. The van der Waals surface area contributed by atoms with E-state index in [1.54, 1.807) is 13.3 Å². The summed E-state index contributed by atoms with van der Waals surface area (Å²) in [6, 6.07) is 7.79. The first-order chi connectivity index (χ1) is 9.22. The molecule has 0 fully saturated rings. The van der Waals surface area contributed by atoms with Gasteiger partial charge < -0.3 is 9.73 Å². The molecule has 0 saturated heterocycles. The van der Waals surface area contributed by atoms with Crippen LogP contribution in [0.15, 0.2) is 39.7 Å². The molecule has 0 saturated carbocycles. The highest BCUT2D eigenvalue weighted by Crippen LogP contribution is 2.30. The fourth-order valence-corrected chi connectivity index (χ4v) is 2.33. The Morgan fingerprint density at radius 1 is 1.37 bits per heavy atom. The van der Waals surface area contributed by atoms with Crippen LogP contribution in [0.25, 0.3) is 22.2 Å². The van der Waals surface area contributed by atoms with Crippen LogP contribution in [0.1, 0.15) is 5.56 Å². The van der Waals surface area contributed by atoms with Crippen LogP contribution in [0.2, 0.25) is 0 Å². The van der Waals surface area contributed by atoms with Gasteiger partial charge in [-0.25, -0.2) is 0 Å². The first kappa shape index (κ1) is 11.8. The third kappa shape index (κ3) is 1.79. The number of rotatable bonds is 3. The molecule has 0 aliphatic heterocycles. The summed E-state index contributed by atoms with van der Waals surface area (Å²) >= 11 is 0. The molecular formula is C14H15N3O2. The van der Waals surface area contributed by atoms with Gasteiger partial charge in [-0.15, -0.1) is 0 Å². The number of H-pyrrole nitrogens is 1. The van der Waals surface area contributed by atoms with Gasteiger partial charge in [-0.1, -0.05) is 18.2 Å². The van der Waals surface area contributed by atoms with Crippen LogP contribution in [0.4, 0.5) is 0 Å². The number of furan rings is 1. The van der Waals surface area contributed by atoms with Crippen molar-refractivity contribution < 1.29 is 4.42 Å². The van der Waals surface area contributed by atoms with E-state index in [0.29, 0.717) is 6.54 Å². The van der Waals surface area contributed by atoms with Gasteiger partial charge in [0.05, 0.1) is 11.3 Å². The SMILES string of the molecule is CNCc1c(-c2coc3ccccc23)[nH]n(C)c1=O. The number of nitrogens with zero attached hydrogens (tertiary/aromatic N) is 1. The molecule has 0 aliphatic carbocycles. The van der Waals surface area contributed by atoms with E-state index >= 15 is 0 Å². The Kier molecular flexibility index (Phi) is 2.76. The van der Waals surface area contributed by atoms with Crippen molar-refractivity contribution in [2.45, 2.75) is 6.54 Å². The Morgan fingerprint density at radius 2 is 2.16 bits per heavy atom. The molecule has 0 amide bonds. The molecule has 0 bridgehead atoms. The van der Waals surface area contributed by atoms with Crippen molar-refractivity contribution in [2.24, 2.45) is 7.05 Å². The topological polar surface area (TPSA) is 63.0 Å². The lowest BCUT2D eigenvalue weighted by molar-refractivity contribution is 0.616. The lowest BCUT2D eigenvalue weighted by Crippen LogP contribution is -2.19. The van der Waals surface area contributed by atoms with Crippen LogP contribution in [0.3, 0.4) is 0 Å². The molecule has 0 spiro atoms. The predicted molar refractivity (Wildman–Crippen MR) is 74.0 cm³/mol. The van der Waals surface area contributed by atoms with Gasteiger partial charge in [0.1, 0.15) is 11.8 Å². The van der Waals surface area contributed by atoms with Crippen LogP contribution in [0.5, 0.6) is 0 Å². The average molecular weight is 257 g/mol. The second kappa shape index (κ2) is 4.44. The molecule has 3 aromatic rings. The van der Waals surface area contributed by atoms with Crippen molar-refractivity contribution in [3.8, 4) is 11.3 Å². The average Bonchev–Trinajstić information content (AvgIpc) is 2.95. The highest BCUT2D eigenvalue weighted by molar-refractivity contribution is 5.93. The maximum atomic E-state index is 12.1. The van der Waals surface area contributed by atoms with Crippen molar-refractivity contribution in [1.82, 2.24) is 15.1 Å². The van der Waals surface area contributed by atoms with Gasteiger partial charge in [0, 0.05) is 24.5 Å². The van der Waals surface area contributed by atoms with Crippen LogP contribution in [-0.4, -0.2) is 16.8 Å². The Balaban J connectivity index is 2.27. The van der Waals surface area contributed by atoms with Crippen molar-refractivity contribution >= 4 is 11.0 Å². The standard InChI is InChI=1S/C14H15N3O2/c1-15-7-10-13(16-17(2)14(10)18)11-8-19-12-6-4-3-5-9(11)12/h3-6,8,15-16H,7H2,1-2H3. The van der Waals surface area contributed by atoms with E-state index < -0.39 is 0 Å². The lowest BCUT2D eigenvalue weighted by Gasteiger charge is -1.99. The number of aryl methyl sites for hydroxylation is 1. The van der Waals surface area contributed by atoms with E-state index in [-0.39, 0.29) is 5.56 Å². The summed E-state index contributed by atoms with van der Waals surface area (Å²) in [5, 5.41) is 7.12. The van der Waals surface area contributed by atoms with Gasteiger partial charge in [-0.3, -0.25) is 14.6 Å². The summed E-state index contributed by atoms with van der Waals surface area (Å²) in [5.41, 5.74) is 3.24. The molecule has 5 nitrogen and oxygen atoms in total. The number of para-hydroxylation sites is 1. The zero-order valence-electron chi connectivity index (χ0n) is 10.9. The predicted octanol–water partition coefficient (Wildman–Crippen LogP) is 1.85. The quantitative estimate of drug-likeness (QED) is 0.752. The minimum absolute atomic E-state index is 0.0189. The Labute approximate surface area is 109 Å². The van der Waals surface area contributed by atoms with Gasteiger partial charge in [0.15, 0.2) is 0 Å². The van der Waals surface area contributed by atoms with Crippen molar-refractivity contribution in [1.29, 1.82) is 0 Å². The zero-order chi connectivity index (χ0) is 13.4. The van der Waals surface area contributed by atoms with Crippen molar-refractivity contribution in [2.75, 3.05) is 7.05 Å². The second-order valence-electron chi connectivity index (χ2n) is 4.51. The molecule has 98 valence electrons. The normalized spacial score (nSPS) is 11.3. The minimum Gasteiger partial charge on any atom is -0.464 e. The first-order valence-corrected chi connectivity index (χ1v) is 6.11. The molecule has 0 radical (unpaired) electrons. The summed E-state index contributed by atoms with van der Waals surface area (Å²) < 4.78 is 7.02. The second-order valence-corrected chi connectivity index (χ2v) is 4.51. The number of aromatic amines is 1. The third-order valence-corrected chi connectivity index (χ3v) is 3.25. The van der Waals surface area contributed by atoms with E-state index in [0.717, 1.165) is 27.8 Å². The minimum atomic E-state index is -0.0189. The summed E-state index contributed by atoms with van der Waals surface area (Å²) in [5.74, 6) is 0. The number of fused-ring (bicyclic) bond motifs is 1. The highest BCUT2D eigenvalue weighted by Gasteiger charge is 2.17. The van der Waals surface area contributed by atoms with Gasteiger partial charge in [0.25, 0.3) is 5.56 Å². The molecule has 19 heavy (non-hydrogen) atoms. The maximum absolute atomic E-state index is 12.1. The van der Waals surface area contributed by atoms with E-state index in [1.165, 1.54) is 4.68 Å². The summed E-state index contributed by atoms with van der Waals surface area (Å²) in [6.07, 6.45) is 1.69. The molecule has 2 N–H and O–H groups in total. The summed E-state index contributed by atoms with van der Waals surface area (Å²) in [6.45, 7) is 0.519. The number of aromatic nitrogens is 2. The van der Waals surface area contributed by atoms with Crippen LogP contribution in [-0.2, 0) is 13.6 Å². The molecule has 2 heterocycles. The smallest absolute Gasteiger partial charge is 0.271 e. The van der Waals surface area contributed by atoms with Crippen LogP contribution < -0.4 is 10.9 Å². The Bertz CT molecular complexity index is 779. The van der Waals surface area contributed by atoms with E-state index in [1.807, 2.05) is 31.3 Å². The zero-order valence-corrected chi connectivity index (χ0v) is 10.9. The van der Waals surface area contributed by atoms with Crippen LogP contribution >= 0.6 is 0 Å². The van der Waals surface area contributed by atoms with Crippen molar-refractivity contribution in [3.05, 3.63) is 46.4 Å². The Morgan fingerprint density at radius 3 is 2.95 bits per heavy atom. The third-order valence-electron chi connectivity index (χ3n) is 3.25. The van der Waals surface area contributed by atoms with E-state index in [2.05, 4.69) is 10.4 Å². The van der Waals surface area contributed by atoms with Gasteiger partial charge in [-0.2, -0.15) is 0 Å². The molecule has 3 rings (SSSR count). The van der Waals surface area contributed by atoms with Gasteiger partial charge in [-0.05, 0) is 13.1 Å². The molecule has 0 atom stereocenters. The lowest BCUT2D eigenvalue weighted by atomic mass is 10.1. The van der Waals surface area contributed by atoms with Gasteiger partial charge >= 0.3 is 0 Å². The monoisotopic (exact) mass is 257 g/mol. The molecule has 1 aromatic carbocycles. The highest BCUT2D eigenvalue weighted by atomic mass is 16.3. The summed E-state index contributed by atoms with van der Waals surface area (Å²) in [4.78, 5) is 12.1. The molecule has 0 aliphatic rings. The van der Waals surface area contributed by atoms with Gasteiger partial charge in [0.2, 0.25) is 0 Å². The van der Waals surface area contributed by atoms with Crippen molar-refractivity contribution in [3.63, 3.8) is 0 Å². The Hall–Kier alpha value is -2.27. The molecule has 0 unspecified atom stereocenters. The first-order valence-electron chi connectivity index (χ1n) is 6.11. The number of hydrogen-bond acceptors (Lipinski definition) is 3.